The van der Waals surface area contributed by atoms with Gasteiger partial charge in [0.1, 0.15) is 6.04 Å². The first-order valence-electron chi connectivity index (χ1n) is 13.5. The van der Waals surface area contributed by atoms with E-state index in [-0.39, 0.29) is 36.1 Å². The number of fused-ring (bicyclic) bond motifs is 1. The molecule has 8 heteroatoms. The van der Waals surface area contributed by atoms with Crippen LogP contribution < -0.4 is 4.90 Å². The van der Waals surface area contributed by atoms with E-state index in [1.54, 1.807) is 15.9 Å². The van der Waals surface area contributed by atoms with Gasteiger partial charge in [0, 0.05) is 17.5 Å². The molecule has 7 nitrogen and oxygen atoms in total. The van der Waals surface area contributed by atoms with E-state index in [9.17, 15) is 24.6 Å². The smallest absolute Gasteiger partial charge is 0.308 e. The minimum Gasteiger partial charge on any atom is -0.481 e. The van der Waals surface area contributed by atoms with Crippen LogP contribution in [0.15, 0.2) is 61.2 Å². The lowest BCUT2D eigenvalue weighted by Crippen LogP contribution is -2.59. The Hall–Kier alpha value is -3.10. The van der Waals surface area contributed by atoms with Gasteiger partial charge in [-0.15, -0.1) is 18.3 Å². The van der Waals surface area contributed by atoms with Gasteiger partial charge >= 0.3 is 5.97 Å². The fraction of sp³-hybridized carbons (Fsp3) is 0.452. The molecule has 3 heterocycles. The molecule has 3 fully saturated rings. The highest BCUT2D eigenvalue weighted by atomic mass is 32.2. The van der Waals surface area contributed by atoms with E-state index in [4.69, 9.17) is 0 Å². The average Bonchev–Trinajstić information content (AvgIpc) is 3.51. The molecule has 2 aromatic carbocycles. The number of aliphatic carboxylic acids is 1. The number of nitrogens with zero attached hydrogens (tertiary/aromatic N) is 2. The molecule has 3 aliphatic rings. The van der Waals surface area contributed by atoms with Gasteiger partial charge in [0.15, 0.2) is 0 Å². The highest BCUT2D eigenvalue weighted by molar-refractivity contribution is 8.02. The summed E-state index contributed by atoms with van der Waals surface area (Å²) in [6.07, 6.45) is 2.67. The summed E-state index contributed by atoms with van der Waals surface area (Å²) in [4.78, 5) is 44.9. The molecule has 1 spiro atoms. The number of carboxylic acid groups (broad SMARTS) is 1. The Morgan fingerprint density at radius 1 is 1.23 bits per heavy atom. The second kappa shape index (κ2) is 10.5. The lowest BCUT2D eigenvalue weighted by Gasteiger charge is -2.42. The molecule has 3 saturated heterocycles. The van der Waals surface area contributed by atoms with Crippen molar-refractivity contribution in [2.24, 2.45) is 17.8 Å². The van der Waals surface area contributed by atoms with Crippen molar-refractivity contribution >= 4 is 35.2 Å². The molecule has 0 saturated carbocycles. The van der Waals surface area contributed by atoms with Gasteiger partial charge in [-0.2, -0.15) is 0 Å². The number of benzene rings is 2. The molecule has 2 aromatic rings. The van der Waals surface area contributed by atoms with Gasteiger partial charge in [-0.1, -0.05) is 55.5 Å². The maximum Gasteiger partial charge on any atom is 0.308 e. The third-order valence-corrected chi connectivity index (χ3v) is 10.9. The van der Waals surface area contributed by atoms with Gasteiger partial charge in [-0.05, 0) is 55.4 Å². The van der Waals surface area contributed by atoms with Crippen molar-refractivity contribution in [3.05, 3.63) is 77.9 Å². The second-order valence-electron chi connectivity index (χ2n) is 11.2. The second-order valence-corrected chi connectivity index (χ2v) is 12.7. The lowest BCUT2D eigenvalue weighted by atomic mass is 9.66. The van der Waals surface area contributed by atoms with Crippen molar-refractivity contribution in [3.8, 4) is 0 Å². The van der Waals surface area contributed by atoms with Gasteiger partial charge in [-0.3, -0.25) is 14.4 Å². The molecule has 2 bridgehead atoms. The summed E-state index contributed by atoms with van der Waals surface area (Å²) in [7, 11) is 0. The lowest BCUT2D eigenvalue weighted by molar-refractivity contribution is -0.149. The van der Waals surface area contributed by atoms with Crippen LogP contribution in [-0.2, 0) is 20.8 Å². The van der Waals surface area contributed by atoms with Crippen LogP contribution in [0.4, 0.5) is 5.69 Å². The van der Waals surface area contributed by atoms with Gasteiger partial charge < -0.3 is 20.0 Å². The fourth-order valence-electron chi connectivity index (χ4n) is 7.15. The first-order chi connectivity index (χ1) is 18.6. The Bertz CT molecular complexity index is 1300. The van der Waals surface area contributed by atoms with Crippen LogP contribution in [0.5, 0.6) is 0 Å². The Balaban J connectivity index is 1.66. The molecule has 5 rings (SSSR count). The van der Waals surface area contributed by atoms with Crippen molar-refractivity contribution in [1.82, 2.24) is 4.90 Å². The number of carbonyl (C=O) groups excluding carboxylic acids is 2. The molecule has 3 unspecified atom stereocenters. The standard InChI is InChI=1S/C31H36N2O5S/c1-5-13-32(23-14-18(2)11-12-19(23)3)29(36)27-31-20(4)15-24(39-31)25(30(37)38)26(31)28(35)33(27)22(17-34)16-21-9-7-6-8-10-21/h5-12,14,20,22,24-27,34H,1,13,15-17H2,2-4H3,(H,37,38)/t20?,22-,24-,25+,26+,27?,31?/m1/s1. The Labute approximate surface area is 233 Å². The Morgan fingerprint density at radius 2 is 1.95 bits per heavy atom. The average molecular weight is 549 g/mol. The predicted octanol–water partition coefficient (Wildman–Crippen LogP) is 3.85. The van der Waals surface area contributed by atoms with Crippen LogP contribution in [0.25, 0.3) is 0 Å². The van der Waals surface area contributed by atoms with E-state index >= 15 is 0 Å². The van der Waals surface area contributed by atoms with Crippen LogP contribution in [0.2, 0.25) is 0 Å². The SMILES string of the molecule is C=CCN(C(=O)C1N([C@@H](CO)Cc2ccccc2)C(=O)[C@@H]2[C@@H](C(=O)O)[C@H]3CC(C)C12S3)c1cc(C)ccc1C. The van der Waals surface area contributed by atoms with Crippen molar-refractivity contribution < 1.29 is 24.6 Å². The van der Waals surface area contributed by atoms with Crippen LogP contribution in [-0.4, -0.2) is 68.1 Å². The van der Waals surface area contributed by atoms with Crippen molar-refractivity contribution in [3.63, 3.8) is 0 Å². The molecular formula is C31H36N2O5S. The number of carboxylic acids is 1. The predicted molar refractivity (Wildman–Crippen MR) is 153 cm³/mol. The Morgan fingerprint density at radius 3 is 2.59 bits per heavy atom. The summed E-state index contributed by atoms with van der Waals surface area (Å²) in [6, 6.07) is 13.9. The number of likely N-dealkylation sites (tertiary alicyclic amines) is 1. The van der Waals surface area contributed by atoms with Gasteiger partial charge in [0.25, 0.3) is 5.91 Å². The number of aliphatic hydroxyl groups excluding tert-OH is 1. The van der Waals surface area contributed by atoms with E-state index < -0.39 is 34.6 Å². The number of hydrogen-bond acceptors (Lipinski definition) is 5. The largest absolute Gasteiger partial charge is 0.481 e. The van der Waals surface area contributed by atoms with E-state index in [0.29, 0.717) is 12.8 Å². The molecule has 2 N–H and O–H groups in total. The quantitative estimate of drug-likeness (QED) is 0.462. The van der Waals surface area contributed by atoms with Gasteiger partial charge in [0.05, 0.1) is 29.2 Å². The molecule has 0 aliphatic carbocycles. The zero-order valence-corrected chi connectivity index (χ0v) is 23.4. The number of hydrogen-bond donors (Lipinski definition) is 2. The number of carbonyl (C=O) groups is 3. The highest BCUT2D eigenvalue weighted by Crippen LogP contribution is 2.69. The normalized spacial score (nSPS) is 29.8. The number of aryl methyl sites for hydroxylation is 2. The van der Waals surface area contributed by atoms with Crippen molar-refractivity contribution in [2.45, 2.75) is 55.7 Å². The molecule has 0 radical (unpaired) electrons. The first-order valence-corrected chi connectivity index (χ1v) is 14.4. The summed E-state index contributed by atoms with van der Waals surface area (Å²) in [5.74, 6) is -3.31. The third-order valence-electron chi connectivity index (χ3n) is 8.85. The number of thioether (sulfide) groups is 1. The molecule has 2 amide bonds. The topological polar surface area (TPSA) is 98.2 Å². The molecule has 39 heavy (non-hydrogen) atoms. The summed E-state index contributed by atoms with van der Waals surface area (Å²) in [5.41, 5.74) is 3.60. The minimum atomic E-state index is -0.992. The number of amides is 2. The number of aliphatic hydroxyl groups is 1. The van der Waals surface area contributed by atoms with Gasteiger partial charge in [-0.25, -0.2) is 0 Å². The summed E-state index contributed by atoms with van der Waals surface area (Å²) >= 11 is 1.51. The van der Waals surface area contributed by atoms with Crippen LogP contribution in [0.3, 0.4) is 0 Å². The maximum atomic E-state index is 14.8. The van der Waals surface area contributed by atoms with E-state index in [1.165, 1.54) is 11.8 Å². The third kappa shape index (κ3) is 4.28. The van der Waals surface area contributed by atoms with E-state index in [1.807, 2.05) is 69.3 Å². The zero-order valence-electron chi connectivity index (χ0n) is 22.6. The summed E-state index contributed by atoms with van der Waals surface area (Å²) in [5, 5.41) is 20.6. The molecule has 206 valence electrons. The van der Waals surface area contributed by atoms with E-state index in [2.05, 4.69) is 6.58 Å². The van der Waals surface area contributed by atoms with E-state index in [0.717, 1.165) is 22.4 Å². The minimum absolute atomic E-state index is 0.0451. The number of rotatable bonds is 9. The molecule has 7 atom stereocenters. The Kier molecular flexibility index (Phi) is 7.37. The van der Waals surface area contributed by atoms with Crippen LogP contribution in [0.1, 0.15) is 30.0 Å². The number of anilines is 1. The van der Waals surface area contributed by atoms with Crippen LogP contribution >= 0.6 is 11.8 Å². The fourth-order valence-corrected chi connectivity index (χ4v) is 9.54. The van der Waals surface area contributed by atoms with Crippen molar-refractivity contribution in [2.75, 3.05) is 18.1 Å². The molecule has 0 aromatic heterocycles. The summed E-state index contributed by atoms with van der Waals surface area (Å²) < 4.78 is -0.886. The van der Waals surface area contributed by atoms with Gasteiger partial charge in [0.2, 0.25) is 5.91 Å². The van der Waals surface area contributed by atoms with Crippen molar-refractivity contribution in [1.29, 1.82) is 0 Å². The van der Waals surface area contributed by atoms with Crippen LogP contribution in [0, 0.1) is 31.6 Å². The maximum absolute atomic E-state index is 14.8. The monoisotopic (exact) mass is 548 g/mol. The highest BCUT2D eigenvalue weighted by Gasteiger charge is 2.77. The first kappa shape index (κ1) is 27.5. The zero-order chi connectivity index (χ0) is 28.1. The molecule has 3 aliphatic heterocycles. The molecular weight excluding hydrogens is 512 g/mol. The summed E-state index contributed by atoms with van der Waals surface area (Å²) in [6.45, 7) is 9.76.